The van der Waals surface area contributed by atoms with Gasteiger partial charge in [-0.25, -0.2) is 0 Å². The Balaban J connectivity index is 1.81. The Hall–Kier alpha value is -1.88. The molecule has 0 saturated carbocycles. The van der Waals surface area contributed by atoms with Crippen molar-refractivity contribution in [3.63, 3.8) is 0 Å². The molecule has 0 aromatic heterocycles. The zero-order valence-electron chi connectivity index (χ0n) is 11.2. The Morgan fingerprint density at radius 1 is 1.35 bits per heavy atom. The zero-order chi connectivity index (χ0) is 14.4. The van der Waals surface area contributed by atoms with Crippen LogP contribution >= 0.6 is 0 Å². The molecule has 0 unspecified atom stereocenters. The van der Waals surface area contributed by atoms with E-state index in [1.807, 2.05) is 30.3 Å². The maximum absolute atomic E-state index is 11.2. The van der Waals surface area contributed by atoms with Crippen LogP contribution in [0.1, 0.15) is 24.8 Å². The van der Waals surface area contributed by atoms with Crippen LogP contribution in [-0.2, 0) is 25.7 Å². The van der Waals surface area contributed by atoms with Crippen molar-refractivity contribution < 1.29 is 24.2 Å². The lowest BCUT2D eigenvalue weighted by atomic mass is 9.80. The van der Waals surface area contributed by atoms with Gasteiger partial charge in [0.25, 0.3) is 0 Å². The molecule has 1 heterocycles. The number of benzene rings is 1. The Labute approximate surface area is 117 Å². The molecule has 0 spiro atoms. The Kier molecular flexibility index (Phi) is 4.74. The lowest BCUT2D eigenvalue weighted by Gasteiger charge is -2.23. The highest BCUT2D eigenvalue weighted by Crippen LogP contribution is 2.36. The molecule has 1 aliphatic heterocycles. The number of ether oxygens (including phenoxy) is 2. The van der Waals surface area contributed by atoms with Crippen molar-refractivity contribution in [2.75, 3.05) is 13.2 Å². The average molecular weight is 278 g/mol. The number of carbonyl (C=O) groups excluding carboxylic acids is 1. The normalized spacial score (nSPS) is 21.7. The van der Waals surface area contributed by atoms with Crippen LogP contribution in [0, 0.1) is 5.41 Å². The summed E-state index contributed by atoms with van der Waals surface area (Å²) in [5.74, 6) is -1.24. The fourth-order valence-electron chi connectivity index (χ4n) is 2.38. The van der Waals surface area contributed by atoms with E-state index < -0.39 is 11.4 Å². The van der Waals surface area contributed by atoms with Gasteiger partial charge in [-0.15, -0.1) is 0 Å². The molecular formula is C15H18O5. The molecule has 0 bridgehead atoms. The maximum Gasteiger partial charge on any atom is 0.306 e. The lowest BCUT2D eigenvalue weighted by Crippen LogP contribution is -2.26. The van der Waals surface area contributed by atoms with Crippen molar-refractivity contribution in [1.29, 1.82) is 0 Å². The van der Waals surface area contributed by atoms with Gasteiger partial charge in [0.05, 0.1) is 26.1 Å². The van der Waals surface area contributed by atoms with Crippen LogP contribution in [0.25, 0.3) is 0 Å². The van der Waals surface area contributed by atoms with Crippen molar-refractivity contribution in [3.8, 4) is 0 Å². The van der Waals surface area contributed by atoms with Crippen LogP contribution in [0.3, 0.4) is 0 Å². The highest BCUT2D eigenvalue weighted by Gasteiger charge is 2.41. The van der Waals surface area contributed by atoms with E-state index in [9.17, 15) is 9.59 Å². The molecule has 5 nitrogen and oxygen atoms in total. The summed E-state index contributed by atoms with van der Waals surface area (Å²) in [6, 6.07) is 9.75. The second kappa shape index (κ2) is 6.52. The molecular weight excluding hydrogens is 260 g/mol. The predicted molar refractivity (Wildman–Crippen MR) is 71.0 cm³/mol. The van der Waals surface area contributed by atoms with Crippen molar-refractivity contribution in [2.24, 2.45) is 5.41 Å². The number of hydrogen-bond donors (Lipinski definition) is 1. The van der Waals surface area contributed by atoms with Gasteiger partial charge in [-0.1, -0.05) is 30.3 Å². The first kappa shape index (κ1) is 14.5. The van der Waals surface area contributed by atoms with Crippen molar-refractivity contribution in [2.45, 2.75) is 25.9 Å². The first-order valence-corrected chi connectivity index (χ1v) is 6.59. The zero-order valence-corrected chi connectivity index (χ0v) is 11.2. The van der Waals surface area contributed by atoms with E-state index >= 15 is 0 Å². The summed E-state index contributed by atoms with van der Waals surface area (Å²) in [5, 5.41) is 8.95. The molecule has 0 radical (unpaired) electrons. The monoisotopic (exact) mass is 278 g/mol. The molecule has 1 saturated heterocycles. The summed E-state index contributed by atoms with van der Waals surface area (Å²) >= 11 is 0. The number of hydrogen-bond acceptors (Lipinski definition) is 4. The van der Waals surface area contributed by atoms with Gasteiger partial charge in [0.1, 0.15) is 0 Å². The van der Waals surface area contributed by atoms with Crippen LogP contribution in [0.4, 0.5) is 0 Å². The van der Waals surface area contributed by atoms with Crippen LogP contribution < -0.4 is 0 Å². The van der Waals surface area contributed by atoms with E-state index in [1.54, 1.807) is 0 Å². The third-order valence-electron chi connectivity index (χ3n) is 3.47. The van der Waals surface area contributed by atoms with Gasteiger partial charge < -0.3 is 14.6 Å². The number of carbonyl (C=O) groups is 2. The summed E-state index contributed by atoms with van der Waals surface area (Å²) in [6.07, 6.45) is 0.610. The highest BCUT2D eigenvalue weighted by molar-refractivity contribution is 5.75. The smallest absolute Gasteiger partial charge is 0.306 e. The van der Waals surface area contributed by atoms with Crippen LogP contribution in [0.2, 0.25) is 0 Å². The van der Waals surface area contributed by atoms with E-state index in [2.05, 4.69) is 0 Å². The molecule has 1 aliphatic rings. The number of carboxylic acids is 1. The largest absolute Gasteiger partial charge is 0.481 e. The van der Waals surface area contributed by atoms with E-state index in [0.29, 0.717) is 19.6 Å². The van der Waals surface area contributed by atoms with Crippen LogP contribution in [-0.4, -0.2) is 30.3 Å². The van der Waals surface area contributed by atoms with Gasteiger partial charge in [0.15, 0.2) is 0 Å². The Morgan fingerprint density at radius 3 is 2.70 bits per heavy atom. The van der Waals surface area contributed by atoms with E-state index in [4.69, 9.17) is 14.6 Å². The lowest BCUT2D eigenvalue weighted by molar-refractivity contribution is -0.140. The SMILES string of the molecule is O=C(O)C[C@@]1(CCOCc2ccccc2)COC(=O)C1. The number of aliphatic carboxylic acids is 1. The maximum atomic E-state index is 11.2. The molecule has 0 amide bonds. The van der Waals surface area contributed by atoms with E-state index in [0.717, 1.165) is 5.56 Å². The molecule has 0 aliphatic carbocycles. The summed E-state index contributed by atoms with van der Waals surface area (Å²) < 4.78 is 10.5. The first-order chi connectivity index (χ1) is 9.60. The number of carboxylic acid groups (broad SMARTS) is 1. The number of cyclic esters (lactones) is 1. The van der Waals surface area contributed by atoms with Gasteiger partial charge >= 0.3 is 11.9 Å². The molecule has 2 rings (SSSR count). The first-order valence-electron chi connectivity index (χ1n) is 6.59. The molecule has 1 aromatic rings. The molecule has 5 heteroatoms. The topological polar surface area (TPSA) is 72.8 Å². The number of esters is 1. The summed E-state index contributed by atoms with van der Waals surface area (Å²) in [7, 11) is 0. The minimum atomic E-state index is -0.911. The third-order valence-corrected chi connectivity index (χ3v) is 3.47. The molecule has 1 fully saturated rings. The molecule has 1 N–H and O–H groups in total. The second-order valence-corrected chi connectivity index (χ2v) is 5.20. The van der Waals surface area contributed by atoms with Gasteiger partial charge in [-0.05, 0) is 12.0 Å². The quantitative estimate of drug-likeness (QED) is 0.610. The third kappa shape index (κ3) is 4.06. The van der Waals surface area contributed by atoms with Crippen LogP contribution in [0.5, 0.6) is 0 Å². The van der Waals surface area contributed by atoms with Gasteiger partial charge in [0, 0.05) is 12.0 Å². The predicted octanol–water partition coefficient (Wildman–Crippen LogP) is 2.00. The van der Waals surface area contributed by atoms with Crippen molar-refractivity contribution in [3.05, 3.63) is 35.9 Å². The van der Waals surface area contributed by atoms with Gasteiger partial charge in [-0.2, -0.15) is 0 Å². The summed E-state index contributed by atoms with van der Waals surface area (Å²) in [4.78, 5) is 22.2. The molecule has 1 atom stereocenters. The van der Waals surface area contributed by atoms with Gasteiger partial charge in [-0.3, -0.25) is 9.59 Å². The standard InChI is InChI=1S/C15H18O5/c16-13(17)8-15(9-14(18)20-11-15)6-7-19-10-12-4-2-1-3-5-12/h1-5H,6-11H2,(H,16,17)/t15-/m1/s1. The minimum Gasteiger partial charge on any atom is -0.481 e. The fraction of sp³-hybridized carbons (Fsp3) is 0.467. The highest BCUT2D eigenvalue weighted by atomic mass is 16.5. The minimum absolute atomic E-state index is 0.0621. The number of rotatable bonds is 7. The average Bonchev–Trinajstić information content (AvgIpc) is 2.77. The van der Waals surface area contributed by atoms with Crippen LogP contribution in [0.15, 0.2) is 30.3 Å². The fourth-order valence-corrected chi connectivity index (χ4v) is 2.38. The Bertz CT molecular complexity index is 470. The van der Waals surface area contributed by atoms with E-state index in [1.165, 1.54) is 0 Å². The molecule has 108 valence electrons. The second-order valence-electron chi connectivity index (χ2n) is 5.20. The van der Waals surface area contributed by atoms with Gasteiger partial charge in [0.2, 0.25) is 0 Å². The van der Waals surface area contributed by atoms with Crippen molar-refractivity contribution in [1.82, 2.24) is 0 Å². The van der Waals surface area contributed by atoms with Crippen molar-refractivity contribution >= 4 is 11.9 Å². The Morgan fingerprint density at radius 2 is 2.10 bits per heavy atom. The molecule has 1 aromatic carbocycles. The van der Waals surface area contributed by atoms with E-state index in [-0.39, 0.29) is 25.4 Å². The molecule has 20 heavy (non-hydrogen) atoms. The summed E-state index contributed by atoms with van der Waals surface area (Å²) in [6.45, 7) is 1.07. The summed E-state index contributed by atoms with van der Waals surface area (Å²) in [5.41, 5.74) is 0.457.